The van der Waals surface area contributed by atoms with Gasteiger partial charge in [0.25, 0.3) is 5.91 Å². The lowest BCUT2D eigenvalue weighted by atomic mass is 9.80. The number of unbranched alkanes of at least 4 members (excludes halogenated alkanes) is 1. The lowest BCUT2D eigenvalue weighted by Gasteiger charge is -2.40. The number of nitrogens with zero attached hydrogens (tertiary/aromatic N) is 2. The maximum Gasteiger partial charge on any atom is 0.315 e. The second-order valence-electron chi connectivity index (χ2n) is 19.0. The van der Waals surface area contributed by atoms with E-state index in [1.807, 2.05) is 41.5 Å². The summed E-state index contributed by atoms with van der Waals surface area (Å²) in [4.78, 5) is 98.6. The van der Waals surface area contributed by atoms with E-state index in [-0.39, 0.29) is 66.8 Å². The Hall–Kier alpha value is -3.77. The predicted molar refractivity (Wildman–Crippen MR) is 208 cm³/mol. The Bertz CT molecular complexity index is 1490. The standard InChI is InChI=1S/C42H66N6O7/c1-8-10-16-29(35(51)37(53)43-21-9-2)44-36(52)34-27-17-18-42(19-20-42)28(27)24-48(34)38(54)33(26-14-12-11-13-15-26)46-39(55)45-30(40(3,4)5)25-47-31(49)22-41(6,7)23-32(47)50/h9,26-30,33-34H,2,8,10-25H2,1,3-7H3,(H,43,53)(H,44,52)(H2,45,46,55)/t27-,28-,29?,30+,33-,34-/m0/s1. The van der Waals surface area contributed by atoms with Gasteiger partial charge in [0.2, 0.25) is 29.4 Å². The Labute approximate surface area is 327 Å². The molecule has 2 aliphatic heterocycles. The molecule has 1 unspecified atom stereocenters. The molecule has 3 aliphatic carbocycles. The highest BCUT2D eigenvalue weighted by Gasteiger charge is 2.64. The van der Waals surface area contributed by atoms with E-state index in [0.29, 0.717) is 19.4 Å². The third-order valence-electron chi connectivity index (χ3n) is 13.2. The van der Waals surface area contributed by atoms with Crippen LogP contribution in [0.25, 0.3) is 0 Å². The summed E-state index contributed by atoms with van der Waals surface area (Å²) in [6, 6.07) is -3.90. The summed E-state index contributed by atoms with van der Waals surface area (Å²) in [5, 5.41) is 11.5. The fraction of sp³-hybridized carbons (Fsp3) is 0.786. The molecule has 2 saturated heterocycles. The van der Waals surface area contributed by atoms with E-state index in [4.69, 9.17) is 0 Å². The Balaban J connectivity index is 1.38. The molecular weight excluding hydrogens is 700 g/mol. The van der Waals surface area contributed by atoms with Crippen LogP contribution in [-0.2, 0) is 28.8 Å². The van der Waals surface area contributed by atoms with Crippen LogP contribution in [0.3, 0.4) is 0 Å². The number of piperidine rings is 1. The third-order valence-corrected chi connectivity index (χ3v) is 13.2. The van der Waals surface area contributed by atoms with E-state index in [9.17, 15) is 33.6 Å². The Morgan fingerprint density at radius 1 is 0.927 bits per heavy atom. The zero-order valence-corrected chi connectivity index (χ0v) is 34.1. The summed E-state index contributed by atoms with van der Waals surface area (Å²) < 4.78 is 0. The summed E-state index contributed by atoms with van der Waals surface area (Å²) in [7, 11) is 0. The van der Waals surface area contributed by atoms with Gasteiger partial charge < -0.3 is 26.2 Å². The molecule has 3 saturated carbocycles. The fourth-order valence-corrected chi connectivity index (χ4v) is 9.75. The first-order valence-corrected chi connectivity index (χ1v) is 20.9. The molecule has 7 amide bonds. The molecule has 4 N–H and O–H groups in total. The van der Waals surface area contributed by atoms with Crippen LogP contribution in [0.15, 0.2) is 12.7 Å². The summed E-state index contributed by atoms with van der Waals surface area (Å²) in [5.41, 5.74) is -0.838. The molecule has 0 bridgehead atoms. The van der Waals surface area contributed by atoms with Crippen LogP contribution in [0.5, 0.6) is 0 Å². The van der Waals surface area contributed by atoms with Crippen molar-refractivity contribution in [3.05, 3.63) is 12.7 Å². The summed E-state index contributed by atoms with van der Waals surface area (Å²) in [5.74, 6) is -2.84. The minimum Gasteiger partial charge on any atom is -0.346 e. The molecule has 0 aromatic carbocycles. The first-order valence-electron chi connectivity index (χ1n) is 20.9. The normalized spacial score (nSPS) is 26.1. The summed E-state index contributed by atoms with van der Waals surface area (Å²) in [6.45, 7) is 15.7. The number of carbonyl (C=O) groups is 7. The minimum atomic E-state index is -1.03. The molecule has 0 aromatic rings. The predicted octanol–water partition coefficient (Wildman–Crippen LogP) is 4.39. The second-order valence-corrected chi connectivity index (χ2v) is 19.0. The highest BCUT2D eigenvalue weighted by molar-refractivity contribution is 6.38. The van der Waals surface area contributed by atoms with Gasteiger partial charge in [-0.05, 0) is 78.9 Å². The van der Waals surface area contributed by atoms with E-state index in [1.165, 1.54) is 11.0 Å². The Morgan fingerprint density at radius 2 is 1.58 bits per heavy atom. The average molecular weight is 767 g/mol. The van der Waals surface area contributed by atoms with Crippen LogP contribution in [0.4, 0.5) is 4.79 Å². The van der Waals surface area contributed by atoms with Crippen molar-refractivity contribution in [2.75, 3.05) is 19.6 Å². The van der Waals surface area contributed by atoms with Crippen LogP contribution in [0.1, 0.15) is 131 Å². The maximum absolute atomic E-state index is 15.0. The molecule has 13 heteroatoms. The number of Topliss-reactive ketones (excluding diaryl/α,β-unsaturated/α-hetero) is 1. The molecule has 306 valence electrons. The van der Waals surface area contributed by atoms with Crippen molar-refractivity contribution in [1.29, 1.82) is 0 Å². The van der Waals surface area contributed by atoms with Gasteiger partial charge in [-0.25, -0.2) is 4.79 Å². The minimum absolute atomic E-state index is 0.0239. The molecule has 6 atom stereocenters. The van der Waals surface area contributed by atoms with Gasteiger partial charge in [0.1, 0.15) is 12.1 Å². The van der Waals surface area contributed by atoms with Crippen molar-refractivity contribution in [3.8, 4) is 0 Å². The highest BCUT2D eigenvalue weighted by Crippen LogP contribution is 2.66. The van der Waals surface area contributed by atoms with E-state index < -0.39 is 58.6 Å². The molecule has 1 spiro atoms. The second kappa shape index (κ2) is 17.2. The smallest absolute Gasteiger partial charge is 0.315 e. The first kappa shape index (κ1) is 42.4. The van der Waals surface area contributed by atoms with Gasteiger partial charge >= 0.3 is 6.03 Å². The number of hydrogen-bond donors (Lipinski definition) is 4. The monoisotopic (exact) mass is 766 g/mol. The van der Waals surface area contributed by atoms with Crippen molar-refractivity contribution < 1.29 is 33.6 Å². The molecule has 2 heterocycles. The van der Waals surface area contributed by atoms with Crippen LogP contribution >= 0.6 is 0 Å². The maximum atomic E-state index is 15.0. The van der Waals surface area contributed by atoms with Gasteiger partial charge in [-0.2, -0.15) is 0 Å². The van der Waals surface area contributed by atoms with Crippen molar-refractivity contribution in [1.82, 2.24) is 31.1 Å². The number of rotatable bonds is 15. The van der Waals surface area contributed by atoms with E-state index in [0.717, 1.165) is 64.2 Å². The number of nitrogens with one attached hydrogen (secondary N) is 4. The Kier molecular flexibility index (Phi) is 13.2. The van der Waals surface area contributed by atoms with Crippen molar-refractivity contribution in [3.63, 3.8) is 0 Å². The van der Waals surface area contributed by atoms with Gasteiger partial charge in [0.05, 0.1) is 12.1 Å². The van der Waals surface area contributed by atoms with Crippen molar-refractivity contribution >= 4 is 41.4 Å². The lowest BCUT2D eigenvalue weighted by Crippen LogP contribution is -2.62. The SMILES string of the molecule is C=CCNC(=O)C(=O)C(CCCC)NC(=O)[C@@H]1[C@H]2CCC3(CC3)[C@H]2CN1C(=O)[C@@H](NC(=O)N[C@H](CN1C(=O)CC(C)(C)CC1=O)C(C)(C)C)C1CCCCC1. The van der Waals surface area contributed by atoms with Crippen molar-refractivity contribution in [2.24, 2.45) is 34.0 Å². The zero-order valence-electron chi connectivity index (χ0n) is 34.1. The molecule has 0 aromatic heterocycles. The van der Waals surface area contributed by atoms with Gasteiger partial charge in [0.15, 0.2) is 0 Å². The van der Waals surface area contributed by atoms with E-state index in [1.54, 1.807) is 4.90 Å². The quantitative estimate of drug-likeness (QED) is 0.109. The highest BCUT2D eigenvalue weighted by atomic mass is 16.2. The van der Waals surface area contributed by atoms with Crippen LogP contribution in [0, 0.1) is 34.0 Å². The van der Waals surface area contributed by atoms with Crippen LogP contribution in [-0.4, -0.2) is 95.0 Å². The molecular formula is C42H66N6O7. The number of hydrogen-bond acceptors (Lipinski definition) is 7. The topological polar surface area (TPSA) is 174 Å². The largest absolute Gasteiger partial charge is 0.346 e. The number of fused-ring (bicyclic) bond motifs is 2. The zero-order chi connectivity index (χ0) is 40.3. The lowest BCUT2D eigenvalue weighted by molar-refractivity contribution is -0.153. The van der Waals surface area contributed by atoms with E-state index >= 15 is 0 Å². The van der Waals surface area contributed by atoms with Crippen molar-refractivity contribution in [2.45, 2.75) is 156 Å². The Morgan fingerprint density at radius 3 is 2.16 bits per heavy atom. The first-order chi connectivity index (χ1) is 25.9. The van der Waals surface area contributed by atoms with Gasteiger partial charge in [0, 0.05) is 32.5 Å². The summed E-state index contributed by atoms with van der Waals surface area (Å²) in [6.07, 6.45) is 12.0. The molecule has 5 rings (SSSR count). The number of carbonyl (C=O) groups excluding carboxylic acids is 7. The third kappa shape index (κ3) is 9.79. The number of likely N-dealkylation sites (tertiary alicyclic amines) is 2. The fourth-order valence-electron chi connectivity index (χ4n) is 9.75. The van der Waals surface area contributed by atoms with Gasteiger partial charge in [-0.15, -0.1) is 6.58 Å². The summed E-state index contributed by atoms with van der Waals surface area (Å²) >= 11 is 0. The number of urea groups is 1. The number of imide groups is 1. The van der Waals surface area contributed by atoms with Crippen LogP contribution < -0.4 is 21.3 Å². The number of ketones is 1. The average Bonchev–Trinajstić information content (AvgIpc) is 3.69. The molecule has 5 aliphatic rings. The number of amides is 7. The molecule has 13 nitrogen and oxygen atoms in total. The van der Waals surface area contributed by atoms with Gasteiger partial charge in [-0.3, -0.25) is 33.7 Å². The molecule has 0 radical (unpaired) electrons. The molecule has 5 fully saturated rings. The van der Waals surface area contributed by atoms with Crippen LogP contribution in [0.2, 0.25) is 0 Å². The molecule has 55 heavy (non-hydrogen) atoms. The van der Waals surface area contributed by atoms with E-state index in [2.05, 4.69) is 27.8 Å². The van der Waals surface area contributed by atoms with Gasteiger partial charge in [-0.1, -0.05) is 79.7 Å².